The van der Waals surface area contributed by atoms with E-state index in [0.29, 0.717) is 28.2 Å². The fourth-order valence-electron chi connectivity index (χ4n) is 2.99. The van der Waals surface area contributed by atoms with Crippen LogP contribution in [-0.2, 0) is 19.8 Å². The maximum absolute atomic E-state index is 13.0. The number of rotatable bonds is 4. The lowest BCUT2D eigenvalue weighted by Gasteiger charge is -2.08. The molecule has 142 valence electrons. The average Bonchev–Trinajstić information content (AvgIpc) is 3.25. The van der Waals surface area contributed by atoms with Crippen LogP contribution in [0.1, 0.15) is 11.4 Å². The van der Waals surface area contributed by atoms with Crippen LogP contribution in [-0.4, -0.2) is 24.1 Å². The summed E-state index contributed by atoms with van der Waals surface area (Å²) in [6.07, 6.45) is 0.459. The molecular weight excluding hydrogens is 373 g/mol. The SMILES string of the molecule is Cn1cc(-c2ccc3ncc(CN=O)n3c2)c(-c2cccc(C(F)(F)F)n2)n1. The summed E-state index contributed by atoms with van der Waals surface area (Å²) < 4.78 is 42.3. The molecule has 0 saturated heterocycles. The number of imidazole rings is 1. The van der Waals surface area contributed by atoms with Crippen LogP contribution >= 0.6 is 0 Å². The van der Waals surface area contributed by atoms with Crippen molar-refractivity contribution in [3.8, 4) is 22.5 Å². The zero-order chi connectivity index (χ0) is 19.9. The number of alkyl halides is 3. The standard InChI is InChI=1S/C18H13F3N6O/c1-26-10-13(11-5-6-16-22-7-12(8-23-28)27(16)9-11)17(25-26)14-3-2-4-15(24-14)18(19,20)21/h2-7,9-10H,8H2,1H3. The summed E-state index contributed by atoms with van der Waals surface area (Å²) in [5, 5.41) is 7.19. The van der Waals surface area contributed by atoms with Crippen molar-refractivity contribution in [2.24, 2.45) is 12.2 Å². The van der Waals surface area contributed by atoms with E-state index in [9.17, 15) is 18.1 Å². The lowest BCUT2D eigenvalue weighted by Crippen LogP contribution is -2.08. The van der Waals surface area contributed by atoms with E-state index in [-0.39, 0.29) is 12.2 Å². The largest absolute Gasteiger partial charge is 0.433 e. The highest BCUT2D eigenvalue weighted by Gasteiger charge is 2.32. The molecule has 0 aromatic carbocycles. The lowest BCUT2D eigenvalue weighted by molar-refractivity contribution is -0.141. The van der Waals surface area contributed by atoms with E-state index in [1.54, 1.807) is 42.2 Å². The van der Waals surface area contributed by atoms with Crippen LogP contribution in [0.5, 0.6) is 0 Å². The van der Waals surface area contributed by atoms with Gasteiger partial charge < -0.3 is 4.40 Å². The molecule has 0 atom stereocenters. The summed E-state index contributed by atoms with van der Waals surface area (Å²) in [7, 11) is 1.68. The first-order valence-corrected chi connectivity index (χ1v) is 8.20. The van der Waals surface area contributed by atoms with Gasteiger partial charge in [0.25, 0.3) is 0 Å². The third kappa shape index (κ3) is 3.13. The van der Waals surface area contributed by atoms with Crippen molar-refractivity contribution in [1.82, 2.24) is 24.1 Å². The number of halogens is 3. The Kier molecular flexibility index (Phi) is 4.17. The van der Waals surface area contributed by atoms with Crippen molar-refractivity contribution in [3.63, 3.8) is 0 Å². The van der Waals surface area contributed by atoms with E-state index in [1.807, 2.05) is 0 Å². The minimum absolute atomic E-state index is 0.0420. The fraction of sp³-hybridized carbons (Fsp3) is 0.167. The van der Waals surface area contributed by atoms with Crippen molar-refractivity contribution >= 4 is 5.65 Å². The van der Waals surface area contributed by atoms with E-state index >= 15 is 0 Å². The van der Waals surface area contributed by atoms with Gasteiger partial charge in [-0.15, -0.1) is 0 Å². The number of aryl methyl sites for hydroxylation is 1. The van der Waals surface area contributed by atoms with Gasteiger partial charge in [-0.25, -0.2) is 9.97 Å². The van der Waals surface area contributed by atoms with Gasteiger partial charge in [0.1, 0.15) is 23.6 Å². The van der Waals surface area contributed by atoms with Crippen molar-refractivity contribution in [3.05, 3.63) is 65.2 Å². The molecule has 0 unspecified atom stereocenters. The van der Waals surface area contributed by atoms with Gasteiger partial charge in [0.2, 0.25) is 0 Å². The first-order chi connectivity index (χ1) is 13.4. The molecule has 0 radical (unpaired) electrons. The smallest absolute Gasteiger partial charge is 0.301 e. The predicted octanol–water partition coefficient (Wildman–Crippen LogP) is 4.08. The van der Waals surface area contributed by atoms with Crippen LogP contribution in [0, 0.1) is 4.91 Å². The molecule has 0 saturated carbocycles. The Morgan fingerprint density at radius 3 is 2.71 bits per heavy atom. The zero-order valence-electron chi connectivity index (χ0n) is 14.6. The van der Waals surface area contributed by atoms with E-state index < -0.39 is 11.9 Å². The minimum atomic E-state index is -4.54. The van der Waals surface area contributed by atoms with E-state index in [0.717, 1.165) is 6.07 Å². The van der Waals surface area contributed by atoms with Crippen LogP contribution < -0.4 is 0 Å². The van der Waals surface area contributed by atoms with Crippen LogP contribution in [0.3, 0.4) is 0 Å². The van der Waals surface area contributed by atoms with Gasteiger partial charge in [0, 0.05) is 30.6 Å². The van der Waals surface area contributed by atoms with Gasteiger partial charge in [-0.2, -0.15) is 23.2 Å². The Labute approximate surface area is 156 Å². The molecule has 10 heteroatoms. The molecule has 4 aromatic rings. The molecule has 4 aromatic heterocycles. The summed E-state index contributed by atoms with van der Waals surface area (Å²) in [6.45, 7) is -0.0420. The maximum atomic E-state index is 13.0. The van der Waals surface area contributed by atoms with Crippen LogP contribution in [0.25, 0.3) is 28.2 Å². The monoisotopic (exact) mass is 386 g/mol. The summed E-state index contributed by atoms with van der Waals surface area (Å²) >= 11 is 0. The number of hydrogen-bond acceptors (Lipinski definition) is 5. The highest BCUT2D eigenvalue weighted by molar-refractivity contribution is 5.79. The molecule has 7 nitrogen and oxygen atoms in total. The molecule has 0 N–H and O–H groups in total. The fourth-order valence-corrected chi connectivity index (χ4v) is 2.99. The third-order valence-electron chi connectivity index (χ3n) is 4.23. The number of pyridine rings is 2. The van der Waals surface area contributed by atoms with E-state index in [1.165, 1.54) is 16.8 Å². The number of fused-ring (bicyclic) bond motifs is 1. The number of hydrogen-bond donors (Lipinski definition) is 0. The Morgan fingerprint density at radius 1 is 1.14 bits per heavy atom. The molecule has 28 heavy (non-hydrogen) atoms. The second kappa shape index (κ2) is 6.55. The topological polar surface area (TPSA) is 77.4 Å². The van der Waals surface area contributed by atoms with Gasteiger partial charge in [0.15, 0.2) is 0 Å². The summed E-state index contributed by atoms with van der Waals surface area (Å²) in [5.74, 6) is 0. The summed E-state index contributed by atoms with van der Waals surface area (Å²) in [4.78, 5) is 18.6. The van der Waals surface area contributed by atoms with Crippen molar-refractivity contribution in [2.75, 3.05) is 0 Å². The second-order valence-corrected chi connectivity index (χ2v) is 6.15. The molecule has 0 aliphatic rings. The molecular formula is C18H13F3N6O. The van der Waals surface area contributed by atoms with Gasteiger partial charge >= 0.3 is 6.18 Å². The zero-order valence-corrected chi connectivity index (χ0v) is 14.6. The predicted molar refractivity (Wildman–Crippen MR) is 95.1 cm³/mol. The molecule has 0 aliphatic carbocycles. The first kappa shape index (κ1) is 17.8. The minimum Gasteiger partial charge on any atom is -0.301 e. The van der Waals surface area contributed by atoms with Gasteiger partial charge in [-0.3, -0.25) is 4.68 Å². The number of aromatic nitrogens is 5. The number of nitrogens with zero attached hydrogens (tertiary/aromatic N) is 6. The molecule has 4 rings (SSSR count). The van der Waals surface area contributed by atoms with Crippen LogP contribution in [0.2, 0.25) is 0 Å². The molecule has 0 fully saturated rings. The Bertz CT molecular complexity index is 1180. The molecule has 0 amide bonds. The van der Waals surface area contributed by atoms with Crippen LogP contribution in [0.4, 0.5) is 13.2 Å². The van der Waals surface area contributed by atoms with Crippen molar-refractivity contribution in [1.29, 1.82) is 0 Å². The third-order valence-corrected chi connectivity index (χ3v) is 4.23. The number of nitroso groups, excluding NO2 is 1. The highest BCUT2D eigenvalue weighted by Crippen LogP contribution is 2.33. The van der Waals surface area contributed by atoms with Crippen molar-refractivity contribution in [2.45, 2.75) is 12.7 Å². The Hall–Kier alpha value is -3.56. The van der Waals surface area contributed by atoms with E-state index in [4.69, 9.17) is 0 Å². The van der Waals surface area contributed by atoms with Crippen molar-refractivity contribution < 1.29 is 13.2 Å². The van der Waals surface area contributed by atoms with Gasteiger partial charge in [-0.1, -0.05) is 11.2 Å². The first-order valence-electron chi connectivity index (χ1n) is 8.20. The Balaban J connectivity index is 1.86. The highest BCUT2D eigenvalue weighted by atomic mass is 19.4. The second-order valence-electron chi connectivity index (χ2n) is 6.15. The molecule has 0 spiro atoms. The lowest BCUT2D eigenvalue weighted by atomic mass is 10.1. The molecule has 4 heterocycles. The average molecular weight is 386 g/mol. The molecule has 0 aliphatic heterocycles. The normalized spacial score (nSPS) is 11.9. The summed E-state index contributed by atoms with van der Waals surface area (Å²) in [5.41, 5.74) is 1.99. The van der Waals surface area contributed by atoms with Gasteiger partial charge in [0.05, 0.1) is 17.6 Å². The van der Waals surface area contributed by atoms with Gasteiger partial charge in [-0.05, 0) is 24.3 Å². The summed E-state index contributed by atoms with van der Waals surface area (Å²) in [6, 6.07) is 7.24. The molecule has 0 bridgehead atoms. The van der Waals surface area contributed by atoms with Crippen LogP contribution in [0.15, 0.2) is 54.1 Å². The quantitative estimate of drug-likeness (QED) is 0.495. The Morgan fingerprint density at radius 2 is 1.96 bits per heavy atom. The maximum Gasteiger partial charge on any atom is 0.433 e. The van der Waals surface area contributed by atoms with E-state index in [2.05, 4.69) is 20.2 Å².